The summed E-state index contributed by atoms with van der Waals surface area (Å²) in [5.74, 6) is 0. The summed E-state index contributed by atoms with van der Waals surface area (Å²) in [7, 11) is 2.03. The predicted octanol–water partition coefficient (Wildman–Crippen LogP) is 0.345. The van der Waals surface area contributed by atoms with Gasteiger partial charge in [-0.25, -0.2) is 0 Å². The molecule has 2 N–H and O–H groups in total. The van der Waals surface area contributed by atoms with Crippen LogP contribution in [0.15, 0.2) is 0 Å². The van der Waals surface area contributed by atoms with Gasteiger partial charge in [0, 0.05) is 18.1 Å². The van der Waals surface area contributed by atoms with Gasteiger partial charge in [0.2, 0.25) is 0 Å². The monoisotopic (exact) mass is 128 g/mol. The van der Waals surface area contributed by atoms with Crippen LogP contribution in [0.1, 0.15) is 20.3 Å². The zero-order chi connectivity index (χ0) is 6.85. The Kier molecular flexibility index (Phi) is 2.09. The Balaban J connectivity index is 2.38. The van der Waals surface area contributed by atoms with Crippen molar-refractivity contribution >= 4 is 0 Å². The Morgan fingerprint density at radius 1 is 1.44 bits per heavy atom. The van der Waals surface area contributed by atoms with Crippen LogP contribution in [0.3, 0.4) is 0 Å². The molecular formula is C7H16N2. The lowest BCUT2D eigenvalue weighted by atomic mass is 10.1. The minimum atomic E-state index is 0.644. The summed E-state index contributed by atoms with van der Waals surface area (Å²) in [6.45, 7) is 4.46. The maximum Gasteiger partial charge on any atom is 0.0230 e. The Bertz CT molecular complexity index is 92.9. The summed E-state index contributed by atoms with van der Waals surface area (Å²) in [5.41, 5.74) is 0. The lowest BCUT2D eigenvalue weighted by Gasteiger charge is -2.12. The highest BCUT2D eigenvalue weighted by molar-refractivity contribution is 4.89. The molecule has 1 aliphatic heterocycles. The molecule has 2 nitrogen and oxygen atoms in total. The van der Waals surface area contributed by atoms with Crippen molar-refractivity contribution in [1.29, 1.82) is 0 Å². The normalized spacial score (nSPS) is 43.7. The third-order valence-electron chi connectivity index (χ3n) is 2.13. The van der Waals surface area contributed by atoms with Gasteiger partial charge in [-0.2, -0.15) is 0 Å². The molecule has 0 aliphatic carbocycles. The second kappa shape index (κ2) is 2.67. The van der Waals surface area contributed by atoms with E-state index in [0.717, 1.165) is 0 Å². The lowest BCUT2D eigenvalue weighted by Crippen LogP contribution is -2.36. The smallest absolute Gasteiger partial charge is 0.0230 e. The molecule has 2 heteroatoms. The maximum atomic E-state index is 3.46. The first-order valence-corrected chi connectivity index (χ1v) is 3.67. The van der Waals surface area contributed by atoms with Crippen molar-refractivity contribution in [3.05, 3.63) is 0 Å². The molecule has 3 unspecified atom stereocenters. The predicted molar refractivity (Wildman–Crippen MR) is 39.5 cm³/mol. The van der Waals surface area contributed by atoms with Gasteiger partial charge in [-0.05, 0) is 27.3 Å². The molecule has 0 radical (unpaired) electrons. The molecule has 1 saturated heterocycles. The van der Waals surface area contributed by atoms with E-state index >= 15 is 0 Å². The highest BCUT2D eigenvalue weighted by Crippen LogP contribution is 2.11. The van der Waals surface area contributed by atoms with Crippen LogP contribution in [0.2, 0.25) is 0 Å². The quantitative estimate of drug-likeness (QED) is 0.532. The fourth-order valence-corrected chi connectivity index (χ4v) is 1.59. The van der Waals surface area contributed by atoms with Gasteiger partial charge in [0.1, 0.15) is 0 Å². The zero-order valence-corrected chi connectivity index (χ0v) is 6.44. The number of nitrogens with one attached hydrogen (secondary N) is 2. The van der Waals surface area contributed by atoms with E-state index in [0.29, 0.717) is 18.1 Å². The van der Waals surface area contributed by atoms with E-state index in [4.69, 9.17) is 0 Å². The number of hydrogen-bond donors (Lipinski definition) is 2. The van der Waals surface area contributed by atoms with Crippen LogP contribution in [0.5, 0.6) is 0 Å². The van der Waals surface area contributed by atoms with E-state index < -0.39 is 0 Å². The van der Waals surface area contributed by atoms with Gasteiger partial charge in [-0.3, -0.25) is 0 Å². The fourth-order valence-electron chi connectivity index (χ4n) is 1.59. The molecule has 0 aromatic carbocycles. The van der Waals surface area contributed by atoms with E-state index in [2.05, 4.69) is 24.5 Å². The second-order valence-corrected chi connectivity index (χ2v) is 2.99. The molecule has 1 fully saturated rings. The molecule has 0 bridgehead atoms. The summed E-state index contributed by atoms with van der Waals surface area (Å²) in [6, 6.07) is 2.02. The minimum absolute atomic E-state index is 0.644. The lowest BCUT2D eigenvalue weighted by molar-refractivity contribution is 0.511. The van der Waals surface area contributed by atoms with Gasteiger partial charge in [-0.1, -0.05) is 0 Å². The van der Waals surface area contributed by atoms with Crippen LogP contribution in [-0.2, 0) is 0 Å². The van der Waals surface area contributed by atoms with E-state index in [-0.39, 0.29) is 0 Å². The first-order chi connectivity index (χ1) is 4.24. The molecule has 1 rings (SSSR count). The second-order valence-electron chi connectivity index (χ2n) is 2.99. The summed E-state index contributed by atoms with van der Waals surface area (Å²) < 4.78 is 0. The summed E-state index contributed by atoms with van der Waals surface area (Å²) in [6.07, 6.45) is 1.26. The van der Waals surface area contributed by atoms with Crippen molar-refractivity contribution in [3.8, 4) is 0 Å². The van der Waals surface area contributed by atoms with Crippen LogP contribution < -0.4 is 10.6 Å². The molecule has 1 heterocycles. The van der Waals surface area contributed by atoms with Gasteiger partial charge in [0.25, 0.3) is 0 Å². The van der Waals surface area contributed by atoms with Crippen LogP contribution in [-0.4, -0.2) is 25.2 Å². The van der Waals surface area contributed by atoms with Crippen molar-refractivity contribution in [2.24, 2.45) is 0 Å². The summed E-state index contributed by atoms with van der Waals surface area (Å²) in [5, 5.41) is 6.74. The highest BCUT2D eigenvalue weighted by Gasteiger charge is 2.25. The molecule has 54 valence electrons. The Morgan fingerprint density at radius 3 is 2.33 bits per heavy atom. The zero-order valence-electron chi connectivity index (χ0n) is 6.44. The molecule has 0 aromatic rings. The van der Waals surface area contributed by atoms with Crippen LogP contribution >= 0.6 is 0 Å². The van der Waals surface area contributed by atoms with Gasteiger partial charge in [0.15, 0.2) is 0 Å². The van der Waals surface area contributed by atoms with Gasteiger partial charge < -0.3 is 10.6 Å². The van der Waals surface area contributed by atoms with Gasteiger partial charge in [0.05, 0.1) is 0 Å². The van der Waals surface area contributed by atoms with E-state index in [1.807, 2.05) is 7.05 Å². The first-order valence-electron chi connectivity index (χ1n) is 3.67. The Labute approximate surface area is 57.0 Å². The largest absolute Gasteiger partial charge is 0.315 e. The van der Waals surface area contributed by atoms with E-state index in [9.17, 15) is 0 Å². The van der Waals surface area contributed by atoms with Crippen LogP contribution in [0.25, 0.3) is 0 Å². The molecule has 0 amide bonds. The first kappa shape index (κ1) is 7.03. The van der Waals surface area contributed by atoms with Crippen LogP contribution in [0.4, 0.5) is 0 Å². The average Bonchev–Trinajstić information content (AvgIpc) is 2.10. The third kappa shape index (κ3) is 1.43. The average molecular weight is 128 g/mol. The number of rotatable bonds is 1. The van der Waals surface area contributed by atoms with Crippen molar-refractivity contribution in [3.63, 3.8) is 0 Å². The topological polar surface area (TPSA) is 24.1 Å². The Hall–Kier alpha value is -0.0800. The van der Waals surface area contributed by atoms with Crippen LogP contribution in [0, 0.1) is 0 Å². The molecule has 0 spiro atoms. The number of likely N-dealkylation sites (N-methyl/N-ethyl adjacent to an activating group) is 1. The highest BCUT2D eigenvalue weighted by atomic mass is 15.1. The molecule has 3 atom stereocenters. The minimum Gasteiger partial charge on any atom is -0.315 e. The van der Waals surface area contributed by atoms with E-state index in [1.165, 1.54) is 6.42 Å². The molecule has 0 aromatic heterocycles. The fraction of sp³-hybridized carbons (Fsp3) is 1.00. The SMILES string of the molecule is CNC1CC(C)NC1C. The Morgan fingerprint density at radius 2 is 2.11 bits per heavy atom. The van der Waals surface area contributed by atoms with Crippen molar-refractivity contribution in [2.45, 2.75) is 38.4 Å². The molecule has 9 heavy (non-hydrogen) atoms. The standard InChI is InChI=1S/C7H16N2/c1-5-4-7(8-3)6(2)9-5/h5-9H,4H2,1-3H3. The number of hydrogen-bond acceptors (Lipinski definition) is 2. The van der Waals surface area contributed by atoms with Crippen molar-refractivity contribution < 1.29 is 0 Å². The van der Waals surface area contributed by atoms with Gasteiger partial charge in [-0.15, -0.1) is 0 Å². The van der Waals surface area contributed by atoms with Crippen molar-refractivity contribution in [2.75, 3.05) is 7.05 Å². The molecular weight excluding hydrogens is 112 g/mol. The summed E-state index contributed by atoms with van der Waals surface area (Å²) >= 11 is 0. The third-order valence-corrected chi connectivity index (χ3v) is 2.13. The van der Waals surface area contributed by atoms with Gasteiger partial charge >= 0.3 is 0 Å². The van der Waals surface area contributed by atoms with Crippen molar-refractivity contribution in [1.82, 2.24) is 10.6 Å². The maximum absolute atomic E-state index is 3.46. The summed E-state index contributed by atoms with van der Waals surface area (Å²) in [4.78, 5) is 0. The molecule has 1 aliphatic rings. The van der Waals surface area contributed by atoms with E-state index in [1.54, 1.807) is 0 Å². The molecule has 0 saturated carbocycles.